The lowest BCUT2D eigenvalue weighted by atomic mass is 9.89. The van der Waals surface area contributed by atoms with Crippen LogP contribution in [0.3, 0.4) is 0 Å². The van der Waals surface area contributed by atoms with E-state index < -0.39 is 0 Å². The Bertz CT molecular complexity index is 461. The van der Waals surface area contributed by atoms with Crippen molar-refractivity contribution in [3.63, 3.8) is 0 Å². The van der Waals surface area contributed by atoms with Crippen LogP contribution in [0, 0.1) is 12.8 Å². The molecule has 4 heteroatoms. The van der Waals surface area contributed by atoms with Gasteiger partial charge >= 0.3 is 0 Å². The first-order valence-corrected chi connectivity index (χ1v) is 8.47. The van der Waals surface area contributed by atoms with Gasteiger partial charge in [0.25, 0.3) is 5.91 Å². The summed E-state index contributed by atoms with van der Waals surface area (Å²) >= 11 is 7.19. The number of rotatable bonds is 3. The van der Waals surface area contributed by atoms with Crippen molar-refractivity contribution in [2.24, 2.45) is 5.92 Å². The maximum absolute atomic E-state index is 12.1. The van der Waals surface area contributed by atoms with Gasteiger partial charge in [0.1, 0.15) is 0 Å². The van der Waals surface area contributed by atoms with Crippen molar-refractivity contribution in [3.05, 3.63) is 33.8 Å². The highest BCUT2D eigenvalue weighted by atomic mass is 79.9. The summed E-state index contributed by atoms with van der Waals surface area (Å²) < 4.78 is 0.983. The van der Waals surface area contributed by atoms with E-state index in [9.17, 15) is 4.79 Å². The van der Waals surface area contributed by atoms with E-state index in [1.165, 1.54) is 25.7 Å². The van der Waals surface area contributed by atoms with E-state index in [0.29, 0.717) is 10.7 Å². The Hall–Kier alpha value is -0.350. The number of benzene rings is 1. The molecule has 1 aliphatic rings. The largest absolute Gasteiger partial charge is 0.352 e. The molecule has 0 radical (unpaired) electrons. The highest BCUT2D eigenvalue weighted by Crippen LogP contribution is 2.29. The smallest absolute Gasteiger partial charge is 0.251 e. The summed E-state index contributed by atoms with van der Waals surface area (Å²) in [6, 6.07) is 5.73. The zero-order valence-corrected chi connectivity index (χ0v) is 14.3. The first-order valence-electron chi connectivity index (χ1n) is 6.76. The molecule has 0 aromatic heterocycles. The molecule has 2 unspecified atom stereocenters. The summed E-state index contributed by atoms with van der Waals surface area (Å²) in [5.74, 6) is 0.581. The molecule has 2 atom stereocenters. The van der Waals surface area contributed by atoms with Gasteiger partial charge in [0.05, 0.1) is 0 Å². The van der Waals surface area contributed by atoms with E-state index in [-0.39, 0.29) is 5.91 Å². The fourth-order valence-corrected chi connectivity index (χ4v) is 3.61. The van der Waals surface area contributed by atoms with Gasteiger partial charge in [0.2, 0.25) is 0 Å². The third-order valence-electron chi connectivity index (χ3n) is 3.78. The van der Waals surface area contributed by atoms with Gasteiger partial charge in [-0.2, -0.15) is 0 Å². The van der Waals surface area contributed by atoms with Gasteiger partial charge in [-0.1, -0.05) is 50.8 Å². The quantitative estimate of drug-likeness (QED) is 0.762. The molecule has 2 nitrogen and oxygen atoms in total. The number of aryl methyl sites for hydroxylation is 1. The van der Waals surface area contributed by atoms with E-state index in [1.54, 1.807) is 0 Å². The number of nitrogens with one attached hydrogen (secondary N) is 1. The topological polar surface area (TPSA) is 29.1 Å². The molecular formula is C15H19Br2NO. The molecule has 1 N–H and O–H groups in total. The maximum atomic E-state index is 12.1. The van der Waals surface area contributed by atoms with Crippen molar-refractivity contribution >= 4 is 37.8 Å². The Labute approximate surface area is 131 Å². The van der Waals surface area contributed by atoms with Crippen LogP contribution in [0.15, 0.2) is 22.7 Å². The van der Waals surface area contributed by atoms with Crippen LogP contribution in [0.25, 0.3) is 0 Å². The summed E-state index contributed by atoms with van der Waals surface area (Å²) in [5.41, 5.74) is 1.86. The average molecular weight is 389 g/mol. The van der Waals surface area contributed by atoms with Crippen LogP contribution in [0.1, 0.15) is 41.6 Å². The fourth-order valence-electron chi connectivity index (χ4n) is 2.45. The average Bonchev–Trinajstić information content (AvgIpc) is 2.40. The highest BCUT2D eigenvalue weighted by molar-refractivity contribution is 9.10. The Balaban J connectivity index is 1.91. The minimum atomic E-state index is 0.0194. The molecule has 1 saturated carbocycles. The van der Waals surface area contributed by atoms with Gasteiger partial charge in [-0.3, -0.25) is 4.79 Å². The Morgan fingerprint density at radius 1 is 1.37 bits per heavy atom. The van der Waals surface area contributed by atoms with Crippen molar-refractivity contribution < 1.29 is 4.79 Å². The predicted molar refractivity (Wildman–Crippen MR) is 85.9 cm³/mol. The third kappa shape index (κ3) is 4.06. The van der Waals surface area contributed by atoms with E-state index in [4.69, 9.17) is 0 Å². The van der Waals surface area contributed by atoms with E-state index in [0.717, 1.165) is 22.1 Å². The van der Waals surface area contributed by atoms with Crippen molar-refractivity contribution in [2.45, 2.75) is 37.4 Å². The minimum absolute atomic E-state index is 0.0194. The van der Waals surface area contributed by atoms with Gasteiger partial charge in [-0.25, -0.2) is 0 Å². The summed E-state index contributed by atoms with van der Waals surface area (Å²) in [5, 5.41) is 3.06. The Morgan fingerprint density at radius 3 is 2.79 bits per heavy atom. The zero-order chi connectivity index (χ0) is 13.8. The van der Waals surface area contributed by atoms with Gasteiger partial charge in [-0.15, -0.1) is 0 Å². The van der Waals surface area contributed by atoms with E-state index >= 15 is 0 Å². The summed E-state index contributed by atoms with van der Waals surface area (Å²) in [7, 11) is 0. The van der Waals surface area contributed by atoms with Crippen molar-refractivity contribution in [2.75, 3.05) is 6.54 Å². The molecule has 0 bridgehead atoms. The lowest BCUT2D eigenvalue weighted by molar-refractivity contribution is 0.0944. The minimum Gasteiger partial charge on any atom is -0.352 e. The van der Waals surface area contributed by atoms with Gasteiger partial charge in [0, 0.05) is 21.4 Å². The Morgan fingerprint density at radius 2 is 2.11 bits per heavy atom. The molecule has 0 aliphatic heterocycles. The summed E-state index contributed by atoms with van der Waals surface area (Å²) in [4.78, 5) is 12.7. The predicted octanol–water partition coefficient (Wildman–Crippen LogP) is 4.44. The van der Waals surface area contributed by atoms with Crippen molar-refractivity contribution in [1.82, 2.24) is 5.32 Å². The van der Waals surface area contributed by atoms with E-state index in [1.807, 2.05) is 25.1 Å². The maximum Gasteiger partial charge on any atom is 0.251 e. The lowest BCUT2D eigenvalue weighted by Crippen LogP contribution is -2.34. The molecule has 1 amide bonds. The van der Waals surface area contributed by atoms with Crippen LogP contribution in [0.4, 0.5) is 0 Å². The number of alkyl halides is 1. The molecular weight excluding hydrogens is 370 g/mol. The fraction of sp³-hybridized carbons (Fsp3) is 0.533. The second-order valence-corrected chi connectivity index (χ2v) is 7.27. The highest BCUT2D eigenvalue weighted by Gasteiger charge is 2.23. The molecule has 104 valence electrons. The van der Waals surface area contributed by atoms with E-state index in [2.05, 4.69) is 37.2 Å². The molecule has 19 heavy (non-hydrogen) atoms. The van der Waals surface area contributed by atoms with Gasteiger partial charge < -0.3 is 5.32 Å². The molecule has 1 aromatic rings. The monoisotopic (exact) mass is 387 g/mol. The van der Waals surface area contributed by atoms with Crippen LogP contribution in [-0.4, -0.2) is 17.3 Å². The number of hydrogen-bond donors (Lipinski definition) is 1. The normalized spacial score (nSPS) is 23.1. The second kappa shape index (κ2) is 6.89. The van der Waals surface area contributed by atoms with Crippen molar-refractivity contribution in [1.29, 1.82) is 0 Å². The first-order chi connectivity index (χ1) is 9.08. The van der Waals surface area contributed by atoms with Crippen LogP contribution in [0.5, 0.6) is 0 Å². The van der Waals surface area contributed by atoms with Crippen molar-refractivity contribution in [3.8, 4) is 0 Å². The number of halogens is 2. The first kappa shape index (κ1) is 15.0. The zero-order valence-electron chi connectivity index (χ0n) is 11.1. The van der Waals surface area contributed by atoms with Crippen LogP contribution in [0.2, 0.25) is 0 Å². The van der Waals surface area contributed by atoms with Gasteiger partial charge in [0.15, 0.2) is 0 Å². The van der Waals surface area contributed by atoms with Crippen LogP contribution < -0.4 is 5.32 Å². The Kier molecular flexibility index (Phi) is 5.46. The van der Waals surface area contributed by atoms with Crippen LogP contribution >= 0.6 is 31.9 Å². The molecule has 0 heterocycles. The molecule has 0 spiro atoms. The standard InChI is InChI=1S/C15H19Br2NO/c1-10-6-7-11(8-14(10)17)15(19)18-9-12-4-2-3-5-13(12)16/h6-8,12-13H,2-5,9H2,1H3,(H,18,19). The molecule has 1 aromatic carbocycles. The second-order valence-electron chi connectivity index (χ2n) is 5.23. The number of carbonyl (C=O) groups excluding carboxylic acids is 1. The number of amides is 1. The molecule has 1 aliphatic carbocycles. The molecule has 0 saturated heterocycles. The molecule has 1 fully saturated rings. The SMILES string of the molecule is Cc1ccc(C(=O)NCC2CCCCC2Br)cc1Br. The van der Waals surface area contributed by atoms with Crippen LogP contribution in [-0.2, 0) is 0 Å². The number of hydrogen-bond acceptors (Lipinski definition) is 1. The number of carbonyl (C=O) groups is 1. The molecule has 2 rings (SSSR count). The summed E-state index contributed by atoms with van der Waals surface area (Å²) in [6.07, 6.45) is 4.99. The lowest BCUT2D eigenvalue weighted by Gasteiger charge is -2.27. The van der Waals surface area contributed by atoms with Gasteiger partial charge in [-0.05, 0) is 43.4 Å². The third-order valence-corrected chi connectivity index (χ3v) is 5.83. The summed E-state index contributed by atoms with van der Waals surface area (Å²) in [6.45, 7) is 2.78.